The fourth-order valence-corrected chi connectivity index (χ4v) is 3.30. The van der Waals surface area contributed by atoms with Crippen LogP contribution in [0.2, 0.25) is 0 Å². The number of thiazole rings is 1. The van der Waals surface area contributed by atoms with E-state index in [1.54, 1.807) is 10.4 Å². The molecule has 0 bridgehead atoms. The van der Waals surface area contributed by atoms with Gasteiger partial charge < -0.3 is 10.2 Å². The van der Waals surface area contributed by atoms with E-state index >= 15 is 0 Å². The van der Waals surface area contributed by atoms with Crippen LogP contribution in [-0.2, 0) is 4.79 Å². The van der Waals surface area contributed by atoms with Crippen LogP contribution in [0.25, 0.3) is 0 Å². The smallest absolute Gasteiger partial charge is 0.266 e. The van der Waals surface area contributed by atoms with Crippen molar-refractivity contribution in [2.45, 2.75) is 58.5 Å². The Balaban J connectivity index is 2.18. The third-order valence-corrected chi connectivity index (χ3v) is 4.42. The van der Waals surface area contributed by atoms with Gasteiger partial charge in [0.15, 0.2) is 0 Å². The molecule has 2 amide bonds. The number of aromatic nitrogens is 1. The number of rotatable bonds is 2. The van der Waals surface area contributed by atoms with Gasteiger partial charge >= 0.3 is 0 Å². The lowest BCUT2D eigenvalue weighted by Crippen LogP contribution is -2.55. The van der Waals surface area contributed by atoms with Crippen molar-refractivity contribution < 1.29 is 9.59 Å². The number of nitrogens with zero attached hydrogens (tertiary/aromatic N) is 2. The van der Waals surface area contributed by atoms with Crippen LogP contribution in [0.3, 0.4) is 0 Å². The van der Waals surface area contributed by atoms with Crippen LogP contribution in [0.5, 0.6) is 0 Å². The molecule has 0 unspecified atom stereocenters. The molecule has 5 nitrogen and oxygen atoms in total. The highest BCUT2D eigenvalue weighted by molar-refractivity contribution is 7.11. The molecule has 6 heteroatoms. The van der Waals surface area contributed by atoms with E-state index < -0.39 is 0 Å². The molecule has 2 heterocycles. The Labute approximate surface area is 129 Å². The van der Waals surface area contributed by atoms with Crippen LogP contribution in [-0.4, -0.2) is 39.8 Å². The fourth-order valence-electron chi connectivity index (χ4n) is 2.54. The summed E-state index contributed by atoms with van der Waals surface area (Å²) in [6.45, 7) is 8.32. The Kier molecular flexibility index (Phi) is 4.66. The van der Waals surface area contributed by atoms with Gasteiger partial charge in [-0.3, -0.25) is 9.59 Å². The van der Waals surface area contributed by atoms with Crippen LogP contribution in [0.15, 0.2) is 5.51 Å². The molecule has 1 aromatic heterocycles. The molecule has 116 valence electrons. The molecule has 1 saturated heterocycles. The minimum atomic E-state index is -0.369. The quantitative estimate of drug-likeness (QED) is 0.912. The monoisotopic (exact) mass is 309 g/mol. The van der Waals surface area contributed by atoms with Gasteiger partial charge in [0.1, 0.15) is 10.9 Å². The highest BCUT2D eigenvalue weighted by Gasteiger charge is 2.34. The van der Waals surface area contributed by atoms with Crippen molar-refractivity contribution in [2.24, 2.45) is 0 Å². The highest BCUT2D eigenvalue weighted by atomic mass is 32.1. The molecule has 0 spiro atoms. The summed E-state index contributed by atoms with van der Waals surface area (Å²) in [5.74, 6) is -0.124. The molecule has 0 saturated carbocycles. The molecule has 1 N–H and O–H groups in total. The standard InChI is InChI=1S/C15H23N3O2S/c1-10-12(21-9-16-10)14(20)18-8-6-5-7-11(18)13(19)17-15(2,3)4/h9,11H,5-8H2,1-4H3,(H,17,19)/t11-/m1/s1. The molecule has 2 rings (SSSR count). The molecule has 1 fully saturated rings. The van der Waals surface area contributed by atoms with Gasteiger partial charge in [-0.05, 0) is 47.0 Å². The zero-order chi connectivity index (χ0) is 15.6. The van der Waals surface area contributed by atoms with Crippen LogP contribution in [0.4, 0.5) is 0 Å². The fraction of sp³-hybridized carbons (Fsp3) is 0.667. The first-order valence-electron chi connectivity index (χ1n) is 7.32. The predicted molar refractivity (Wildman–Crippen MR) is 83.4 cm³/mol. The third kappa shape index (κ3) is 3.81. The minimum absolute atomic E-state index is 0.0577. The molecule has 1 aromatic rings. The van der Waals surface area contributed by atoms with Gasteiger partial charge in [0, 0.05) is 12.1 Å². The summed E-state index contributed by atoms with van der Waals surface area (Å²) < 4.78 is 0. The van der Waals surface area contributed by atoms with Gasteiger partial charge in [0.2, 0.25) is 5.91 Å². The number of piperidine rings is 1. The molecule has 0 aromatic carbocycles. The summed E-state index contributed by atoms with van der Waals surface area (Å²) in [4.78, 5) is 31.6. The largest absolute Gasteiger partial charge is 0.350 e. The van der Waals surface area contributed by atoms with E-state index in [0.717, 1.165) is 25.0 Å². The summed E-state index contributed by atoms with van der Waals surface area (Å²) in [7, 11) is 0. The topological polar surface area (TPSA) is 62.3 Å². The molecular weight excluding hydrogens is 286 g/mol. The average molecular weight is 309 g/mol. The van der Waals surface area contributed by atoms with E-state index in [4.69, 9.17) is 0 Å². The molecule has 21 heavy (non-hydrogen) atoms. The van der Waals surface area contributed by atoms with E-state index in [1.807, 2.05) is 27.7 Å². The summed E-state index contributed by atoms with van der Waals surface area (Å²) in [5.41, 5.74) is 2.13. The van der Waals surface area contributed by atoms with Crippen LogP contribution in [0, 0.1) is 6.92 Å². The lowest BCUT2D eigenvalue weighted by atomic mass is 9.99. The van der Waals surface area contributed by atoms with Crippen LogP contribution in [0.1, 0.15) is 55.4 Å². The Bertz CT molecular complexity index is 533. The Morgan fingerprint density at radius 3 is 2.67 bits per heavy atom. The summed E-state index contributed by atoms with van der Waals surface area (Å²) >= 11 is 1.34. The molecule has 0 aliphatic carbocycles. The first-order chi connectivity index (χ1) is 9.79. The van der Waals surface area contributed by atoms with E-state index in [2.05, 4.69) is 10.3 Å². The van der Waals surface area contributed by atoms with Crippen LogP contribution < -0.4 is 5.32 Å². The number of carbonyl (C=O) groups excluding carboxylic acids is 2. The number of likely N-dealkylation sites (tertiary alicyclic amines) is 1. The molecule has 1 aliphatic rings. The summed E-state index contributed by atoms with van der Waals surface area (Å²) in [6, 6.07) is -0.369. The zero-order valence-corrected chi connectivity index (χ0v) is 13.9. The SMILES string of the molecule is Cc1ncsc1C(=O)N1CCCC[C@@H]1C(=O)NC(C)(C)C. The van der Waals surface area contributed by atoms with Gasteiger partial charge in [-0.1, -0.05) is 0 Å². The second kappa shape index (κ2) is 6.13. The van der Waals surface area contributed by atoms with Gasteiger partial charge in [-0.2, -0.15) is 0 Å². The van der Waals surface area contributed by atoms with E-state index in [1.165, 1.54) is 11.3 Å². The first kappa shape index (κ1) is 15.9. The van der Waals surface area contributed by atoms with Crippen LogP contribution >= 0.6 is 11.3 Å². The number of amides is 2. The van der Waals surface area contributed by atoms with E-state index in [9.17, 15) is 9.59 Å². The van der Waals surface area contributed by atoms with Crippen molar-refractivity contribution in [1.29, 1.82) is 0 Å². The van der Waals surface area contributed by atoms with Gasteiger partial charge in [0.25, 0.3) is 5.91 Å². The molecule has 0 radical (unpaired) electrons. The van der Waals surface area contributed by atoms with Gasteiger partial charge in [0.05, 0.1) is 11.2 Å². The second-order valence-electron chi connectivity index (χ2n) is 6.52. The zero-order valence-electron chi connectivity index (χ0n) is 13.1. The summed E-state index contributed by atoms with van der Waals surface area (Å²) in [6.07, 6.45) is 2.65. The lowest BCUT2D eigenvalue weighted by Gasteiger charge is -2.36. The minimum Gasteiger partial charge on any atom is -0.350 e. The number of carbonyl (C=O) groups is 2. The van der Waals surface area contributed by atoms with Crippen molar-refractivity contribution in [3.63, 3.8) is 0 Å². The Hall–Kier alpha value is -1.43. The van der Waals surface area contributed by atoms with Crippen molar-refractivity contribution in [2.75, 3.05) is 6.54 Å². The van der Waals surface area contributed by atoms with Crippen molar-refractivity contribution in [3.8, 4) is 0 Å². The number of hydrogen-bond acceptors (Lipinski definition) is 4. The number of hydrogen-bond donors (Lipinski definition) is 1. The average Bonchev–Trinajstić information content (AvgIpc) is 2.82. The van der Waals surface area contributed by atoms with Crippen molar-refractivity contribution in [3.05, 3.63) is 16.1 Å². The number of nitrogens with one attached hydrogen (secondary N) is 1. The van der Waals surface area contributed by atoms with E-state index in [-0.39, 0.29) is 23.4 Å². The lowest BCUT2D eigenvalue weighted by molar-refractivity contribution is -0.128. The molecule has 1 aliphatic heterocycles. The maximum atomic E-state index is 12.7. The normalized spacial score (nSPS) is 19.4. The molecular formula is C15H23N3O2S. The highest BCUT2D eigenvalue weighted by Crippen LogP contribution is 2.23. The second-order valence-corrected chi connectivity index (χ2v) is 7.37. The van der Waals surface area contributed by atoms with E-state index in [0.29, 0.717) is 11.4 Å². The first-order valence-corrected chi connectivity index (χ1v) is 8.20. The summed E-state index contributed by atoms with van der Waals surface area (Å²) in [5, 5.41) is 2.99. The van der Waals surface area contributed by atoms with Crippen molar-refractivity contribution in [1.82, 2.24) is 15.2 Å². The third-order valence-electron chi connectivity index (χ3n) is 3.50. The Morgan fingerprint density at radius 2 is 2.10 bits per heavy atom. The molecule has 1 atom stereocenters. The van der Waals surface area contributed by atoms with Crippen molar-refractivity contribution >= 4 is 23.2 Å². The Morgan fingerprint density at radius 1 is 1.38 bits per heavy atom. The maximum absolute atomic E-state index is 12.7. The predicted octanol–water partition coefficient (Wildman–Crippen LogP) is 2.36. The van der Waals surface area contributed by atoms with Gasteiger partial charge in [-0.15, -0.1) is 11.3 Å². The maximum Gasteiger partial charge on any atom is 0.266 e. The number of aryl methyl sites for hydroxylation is 1. The van der Waals surface area contributed by atoms with Gasteiger partial charge in [-0.25, -0.2) is 4.98 Å².